The minimum atomic E-state index is -4.07. The summed E-state index contributed by atoms with van der Waals surface area (Å²) in [5.41, 5.74) is -3.12. The molecule has 7 rings (SSSR count). The fourth-order valence-electron chi connectivity index (χ4n) is 8.04. The van der Waals surface area contributed by atoms with Crippen LogP contribution in [0.3, 0.4) is 0 Å². The number of carbonyl (C=O) groups excluding carboxylic acids is 3. The highest BCUT2D eigenvalue weighted by Crippen LogP contribution is 2.50. The molecule has 5 aliphatic rings. The first-order valence-electron chi connectivity index (χ1n) is 18.1. The molecule has 0 unspecified atom stereocenters. The van der Waals surface area contributed by atoms with Gasteiger partial charge < -0.3 is 30.1 Å². The predicted octanol–water partition coefficient (Wildman–Crippen LogP) is 4.53. The molecule has 5 atom stereocenters. The van der Waals surface area contributed by atoms with E-state index < -0.39 is 79.8 Å². The SMILES string of the molecule is COc1ccc2nc(C(F)F)c3c(c2c1Cl)CC[C@]1(C[C@H]2C(=O)N[C@]4(C(=O)NS(=O)(=O)C5(C)CC5)C[C@H]4/C=C\CCCCC[C@H](NC(=O)O)C(=O)N2C1)O3. The summed E-state index contributed by atoms with van der Waals surface area (Å²) in [6.45, 7) is 1.26. The number of aryl methyl sites for hydroxylation is 1. The number of nitrogens with one attached hydrogen (secondary N) is 3. The van der Waals surface area contributed by atoms with Crippen LogP contribution in [0.15, 0.2) is 24.3 Å². The zero-order valence-electron chi connectivity index (χ0n) is 29.8. The molecule has 3 fully saturated rings. The largest absolute Gasteiger partial charge is 0.495 e. The van der Waals surface area contributed by atoms with Crippen LogP contribution in [0, 0.1) is 5.92 Å². The molecule has 2 aromatic rings. The summed E-state index contributed by atoms with van der Waals surface area (Å²) in [6.07, 6.45) is 2.67. The second-order valence-corrected chi connectivity index (χ2v) is 17.9. The summed E-state index contributed by atoms with van der Waals surface area (Å²) in [5.74, 6) is -2.87. The number of carboxylic acid groups (broad SMARTS) is 1. The minimum Gasteiger partial charge on any atom is -0.495 e. The van der Waals surface area contributed by atoms with Gasteiger partial charge in [-0.1, -0.05) is 36.6 Å². The molecule has 2 aliphatic carbocycles. The molecule has 18 heteroatoms. The molecule has 14 nitrogen and oxygen atoms in total. The second-order valence-electron chi connectivity index (χ2n) is 15.3. The van der Waals surface area contributed by atoms with E-state index in [1.807, 2.05) is 6.08 Å². The quantitative estimate of drug-likeness (QED) is 0.302. The van der Waals surface area contributed by atoms with Gasteiger partial charge in [0, 0.05) is 23.3 Å². The van der Waals surface area contributed by atoms with Gasteiger partial charge in [0.15, 0.2) is 5.75 Å². The number of rotatable bonds is 6. The number of aromatic nitrogens is 1. The van der Waals surface area contributed by atoms with Gasteiger partial charge in [0.25, 0.3) is 12.3 Å². The van der Waals surface area contributed by atoms with E-state index >= 15 is 0 Å². The summed E-state index contributed by atoms with van der Waals surface area (Å²) >= 11 is 6.67. The van der Waals surface area contributed by atoms with Crippen molar-refractivity contribution in [1.29, 1.82) is 0 Å². The van der Waals surface area contributed by atoms with Crippen LogP contribution in [-0.2, 0) is 30.8 Å². The number of pyridine rings is 1. The smallest absolute Gasteiger partial charge is 0.405 e. The lowest BCUT2D eigenvalue weighted by atomic mass is 9.87. The van der Waals surface area contributed by atoms with Gasteiger partial charge in [-0.2, -0.15) is 0 Å². The Hall–Kier alpha value is -4.25. The van der Waals surface area contributed by atoms with E-state index in [4.69, 9.17) is 21.1 Å². The summed E-state index contributed by atoms with van der Waals surface area (Å²) in [6, 6.07) is 0.451. The van der Waals surface area contributed by atoms with Gasteiger partial charge in [-0.05, 0) is 70.4 Å². The molecule has 1 aromatic heterocycles. The number of benzene rings is 1. The molecule has 54 heavy (non-hydrogen) atoms. The summed E-state index contributed by atoms with van der Waals surface area (Å²) < 4.78 is 68.4. The Labute approximate surface area is 315 Å². The van der Waals surface area contributed by atoms with Crippen molar-refractivity contribution in [3.8, 4) is 11.5 Å². The number of amides is 4. The van der Waals surface area contributed by atoms with Crippen LogP contribution < -0.4 is 24.8 Å². The number of carbonyl (C=O) groups is 4. The third-order valence-corrected chi connectivity index (χ3v) is 14.2. The zero-order chi connectivity index (χ0) is 38.8. The maximum atomic E-state index is 14.6. The van der Waals surface area contributed by atoms with Gasteiger partial charge in [0.05, 0.1) is 28.9 Å². The molecule has 0 radical (unpaired) electrons. The van der Waals surface area contributed by atoms with Gasteiger partial charge in [-0.15, -0.1) is 0 Å². The Bertz CT molecular complexity index is 2060. The number of hydrogen-bond donors (Lipinski definition) is 4. The summed E-state index contributed by atoms with van der Waals surface area (Å²) in [4.78, 5) is 59.8. The average Bonchev–Trinajstić information content (AvgIpc) is 4.01. The molecule has 3 aliphatic heterocycles. The van der Waals surface area contributed by atoms with E-state index in [1.165, 1.54) is 31.1 Å². The normalized spacial score (nSPS) is 29.8. The number of fused-ring (bicyclic) bond motifs is 5. The van der Waals surface area contributed by atoms with Crippen molar-refractivity contribution in [2.45, 2.75) is 112 Å². The standard InChI is InChI=1S/C36H42ClF2N5O9S/c1-34(14-15-34)54(50,51)43-32(47)36-16-19(36)8-6-4-3-5-7-9-22(41-33(48)49)31(46)44-18-35(17-23(44)30(45)42-36)13-12-20-25-21(10-11-24(52-2)26(25)37)40-27(29(38)39)28(20)53-35/h6,8,10-11,19,22-23,29,41H,3-5,7,9,12-18H2,1-2H3,(H,42,45)(H,43,47)(H,48,49)/b8-6-/t19-,22+,23+,35-,36-/m1/s1. The maximum Gasteiger partial charge on any atom is 0.405 e. The lowest BCUT2D eigenvalue weighted by molar-refractivity contribution is -0.141. The molecule has 2 saturated carbocycles. The Balaban J connectivity index is 1.27. The number of nitrogens with zero attached hydrogens (tertiary/aromatic N) is 2. The molecule has 4 N–H and O–H groups in total. The average molecular weight is 794 g/mol. The number of alkyl halides is 2. The van der Waals surface area contributed by atoms with Crippen LogP contribution in [-0.4, -0.2) is 88.8 Å². The van der Waals surface area contributed by atoms with Gasteiger partial charge in [0.2, 0.25) is 21.8 Å². The van der Waals surface area contributed by atoms with Crippen LogP contribution in [0.5, 0.6) is 11.5 Å². The highest BCUT2D eigenvalue weighted by atomic mass is 35.5. The lowest BCUT2D eigenvalue weighted by Crippen LogP contribution is -2.58. The Morgan fingerprint density at radius 2 is 1.93 bits per heavy atom. The number of sulfonamides is 1. The first kappa shape index (κ1) is 38.0. The van der Waals surface area contributed by atoms with Crippen molar-refractivity contribution in [2.24, 2.45) is 5.92 Å². The van der Waals surface area contributed by atoms with Crippen molar-refractivity contribution in [3.63, 3.8) is 0 Å². The summed E-state index contributed by atoms with van der Waals surface area (Å²) in [5, 5.41) is 15.3. The van der Waals surface area contributed by atoms with Crippen molar-refractivity contribution in [2.75, 3.05) is 13.7 Å². The van der Waals surface area contributed by atoms with E-state index in [1.54, 1.807) is 6.08 Å². The topological polar surface area (TPSA) is 193 Å². The third-order valence-electron chi connectivity index (χ3n) is 11.6. The van der Waals surface area contributed by atoms with E-state index in [-0.39, 0.29) is 54.9 Å². The van der Waals surface area contributed by atoms with Crippen LogP contribution in [0.4, 0.5) is 13.6 Å². The predicted molar refractivity (Wildman–Crippen MR) is 191 cm³/mol. The molecule has 1 aromatic carbocycles. The number of halogens is 3. The molecular formula is C36H42ClF2N5O9S. The van der Waals surface area contributed by atoms with Crippen LogP contribution in [0.2, 0.25) is 5.02 Å². The third kappa shape index (κ3) is 6.71. The maximum absolute atomic E-state index is 14.6. The van der Waals surface area contributed by atoms with E-state index in [0.29, 0.717) is 55.2 Å². The van der Waals surface area contributed by atoms with E-state index in [0.717, 1.165) is 0 Å². The monoisotopic (exact) mass is 793 g/mol. The second kappa shape index (κ2) is 13.8. The van der Waals surface area contributed by atoms with Gasteiger partial charge in [0.1, 0.15) is 34.7 Å². The molecule has 292 valence electrons. The molecule has 1 saturated heterocycles. The highest BCUT2D eigenvalue weighted by Gasteiger charge is 2.64. The van der Waals surface area contributed by atoms with Crippen LogP contribution in [0.1, 0.15) is 88.8 Å². The van der Waals surface area contributed by atoms with Crippen LogP contribution in [0.25, 0.3) is 10.9 Å². The fraction of sp³-hybridized carbons (Fsp3) is 0.583. The molecule has 1 spiro atoms. The van der Waals surface area contributed by atoms with Gasteiger partial charge >= 0.3 is 6.09 Å². The number of allylic oxidation sites excluding steroid dienone is 1. The highest BCUT2D eigenvalue weighted by molar-refractivity contribution is 7.91. The van der Waals surface area contributed by atoms with E-state index in [2.05, 4.69) is 20.3 Å². The first-order chi connectivity index (χ1) is 25.5. The van der Waals surface area contributed by atoms with Crippen molar-refractivity contribution < 1.29 is 51.0 Å². The summed E-state index contributed by atoms with van der Waals surface area (Å²) in [7, 11) is -2.65. The number of hydrogen-bond acceptors (Lipinski definition) is 9. The Morgan fingerprint density at radius 3 is 2.61 bits per heavy atom. The van der Waals surface area contributed by atoms with Crippen LogP contribution >= 0.6 is 11.6 Å². The Kier molecular flexibility index (Phi) is 9.72. The van der Waals surface area contributed by atoms with Crippen molar-refractivity contribution >= 4 is 56.3 Å². The van der Waals surface area contributed by atoms with Gasteiger partial charge in [-0.25, -0.2) is 27.0 Å². The zero-order valence-corrected chi connectivity index (χ0v) is 31.3. The molecule has 0 bridgehead atoms. The van der Waals surface area contributed by atoms with Gasteiger partial charge in [-0.3, -0.25) is 19.1 Å². The fourth-order valence-corrected chi connectivity index (χ4v) is 9.71. The molecular weight excluding hydrogens is 752 g/mol. The van der Waals surface area contributed by atoms with E-state index in [9.17, 15) is 41.5 Å². The molecule has 4 heterocycles. The van der Waals surface area contributed by atoms with Crippen molar-refractivity contribution in [3.05, 3.63) is 40.6 Å². The number of methoxy groups -OCH3 is 1. The first-order valence-corrected chi connectivity index (χ1v) is 19.9. The molecule has 4 amide bonds. The minimum absolute atomic E-state index is 0.104. The Morgan fingerprint density at radius 1 is 1.17 bits per heavy atom. The lowest BCUT2D eigenvalue weighted by Gasteiger charge is -2.37. The van der Waals surface area contributed by atoms with Crippen molar-refractivity contribution in [1.82, 2.24) is 25.2 Å². The number of ether oxygens (including phenoxy) is 2.